The maximum Gasteiger partial charge on any atom is 0.105 e. The fourth-order valence-corrected chi connectivity index (χ4v) is 2.90. The number of unbranched alkanes of at least 4 members (excludes halogenated alkanes) is 7. The number of nitrogens with one attached hydrogen (secondary N) is 1. The van der Waals surface area contributed by atoms with Gasteiger partial charge in [0.2, 0.25) is 0 Å². The molecule has 1 aromatic rings. The fraction of sp³-hybridized carbons (Fsp3) is 0.833. The summed E-state index contributed by atoms with van der Waals surface area (Å²) in [6.45, 7) is 6.54. The van der Waals surface area contributed by atoms with Crippen molar-refractivity contribution in [3.8, 4) is 0 Å². The van der Waals surface area contributed by atoms with Gasteiger partial charge >= 0.3 is 0 Å². The van der Waals surface area contributed by atoms with Crippen molar-refractivity contribution >= 4 is 0 Å². The Kier molecular flexibility index (Phi) is 7.28. The Morgan fingerprint density at radius 2 is 1.76 bits per heavy atom. The second-order valence-electron chi connectivity index (χ2n) is 6.58. The summed E-state index contributed by atoms with van der Waals surface area (Å²) in [5.74, 6) is 1.17. The molecule has 2 rings (SSSR count). The molecule has 1 N–H and O–H groups in total. The van der Waals surface area contributed by atoms with Gasteiger partial charge in [0, 0.05) is 25.3 Å². The molecule has 0 bridgehead atoms. The maximum absolute atomic E-state index is 4.49. The molecule has 0 aromatic carbocycles. The van der Waals surface area contributed by atoms with E-state index in [0.717, 1.165) is 19.1 Å². The van der Waals surface area contributed by atoms with E-state index < -0.39 is 0 Å². The van der Waals surface area contributed by atoms with E-state index in [1.54, 1.807) is 0 Å². The van der Waals surface area contributed by atoms with Crippen LogP contribution in [0.15, 0.2) is 6.20 Å². The predicted molar refractivity (Wildman–Crippen MR) is 89.4 cm³/mol. The number of rotatable bonds is 12. The molecule has 0 aliphatic heterocycles. The first-order valence-corrected chi connectivity index (χ1v) is 9.05. The van der Waals surface area contributed by atoms with Gasteiger partial charge in [-0.1, -0.05) is 51.9 Å². The van der Waals surface area contributed by atoms with Crippen molar-refractivity contribution in [2.75, 3.05) is 0 Å². The first-order valence-electron chi connectivity index (χ1n) is 9.05. The molecule has 0 unspecified atom stereocenters. The third-order valence-corrected chi connectivity index (χ3v) is 4.52. The lowest BCUT2D eigenvalue weighted by Gasteiger charge is -2.11. The number of aryl methyl sites for hydroxylation is 1. The number of hydrogen-bond donors (Lipinski definition) is 1. The van der Waals surface area contributed by atoms with Crippen LogP contribution in [0.4, 0.5) is 0 Å². The lowest BCUT2D eigenvalue weighted by Crippen LogP contribution is -2.18. The Morgan fingerprint density at radius 3 is 2.43 bits per heavy atom. The smallest absolute Gasteiger partial charge is 0.105 e. The highest BCUT2D eigenvalue weighted by Crippen LogP contribution is 2.19. The standard InChI is InChI=1S/C18H33N3/c1-3-4-5-6-7-8-9-10-13-21-16(2)19-14-18(21)15-20-17-11-12-17/h14,17,20H,3-13,15H2,1-2H3. The zero-order valence-electron chi connectivity index (χ0n) is 14.0. The molecule has 21 heavy (non-hydrogen) atoms. The molecule has 3 heteroatoms. The molecular formula is C18H33N3. The lowest BCUT2D eigenvalue weighted by atomic mass is 10.1. The summed E-state index contributed by atoms with van der Waals surface area (Å²) in [5, 5.41) is 3.60. The van der Waals surface area contributed by atoms with E-state index in [-0.39, 0.29) is 0 Å². The highest BCUT2D eigenvalue weighted by Gasteiger charge is 2.20. The molecule has 1 aromatic heterocycles. The minimum atomic E-state index is 0.775. The number of aromatic nitrogens is 2. The fourth-order valence-electron chi connectivity index (χ4n) is 2.90. The highest BCUT2D eigenvalue weighted by atomic mass is 15.1. The van der Waals surface area contributed by atoms with Crippen molar-refractivity contribution in [1.29, 1.82) is 0 Å². The first-order chi connectivity index (χ1) is 10.3. The maximum atomic E-state index is 4.49. The highest BCUT2D eigenvalue weighted by molar-refractivity contribution is 5.05. The Hall–Kier alpha value is -0.830. The van der Waals surface area contributed by atoms with Crippen LogP contribution in [-0.4, -0.2) is 15.6 Å². The van der Waals surface area contributed by atoms with Crippen LogP contribution in [0.1, 0.15) is 82.7 Å². The first kappa shape index (κ1) is 16.5. The van der Waals surface area contributed by atoms with Gasteiger partial charge in [0.05, 0.1) is 5.69 Å². The second kappa shape index (κ2) is 9.24. The quantitative estimate of drug-likeness (QED) is 0.571. The van der Waals surface area contributed by atoms with E-state index in [1.807, 2.05) is 0 Å². The van der Waals surface area contributed by atoms with Gasteiger partial charge in [-0.25, -0.2) is 4.98 Å². The van der Waals surface area contributed by atoms with Gasteiger partial charge in [-0.05, 0) is 26.2 Å². The molecular weight excluding hydrogens is 258 g/mol. The average molecular weight is 291 g/mol. The monoisotopic (exact) mass is 291 g/mol. The summed E-state index contributed by atoms with van der Waals surface area (Å²) >= 11 is 0. The third-order valence-electron chi connectivity index (χ3n) is 4.52. The number of nitrogens with zero attached hydrogens (tertiary/aromatic N) is 2. The average Bonchev–Trinajstić information content (AvgIpc) is 3.25. The van der Waals surface area contributed by atoms with Crippen LogP contribution in [0.2, 0.25) is 0 Å². The molecule has 0 atom stereocenters. The van der Waals surface area contributed by atoms with Crippen LogP contribution in [0.5, 0.6) is 0 Å². The van der Waals surface area contributed by atoms with E-state index in [4.69, 9.17) is 0 Å². The molecule has 1 heterocycles. The van der Waals surface area contributed by atoms with Crippen molar-refractivity contribution in [3.05, 3.63) is 17.7 Å². The Labute approximate surface area is 130 Å². The zero-order chi connectivity index (χ0) is 14.9. The Balaban J connectivity index is 1.59. The van der Waals surface area contributed by atoms with Gasteiger partial charge in [0.1, 0.15) is 5.82 Å². The van der Waals surface area contributed by atoms with Gasteiger partial charge in [0.15, 0.2) is 0 Å². The molecule has 0 amide bonds. The Bertz CT molecular complexity index is 393. The summed E-state index contributed by atoms with van der Waals surface area (Å²) in [7, 11) is 0. The van der Waals surface area contributed by atoms with Crippen molar-refractivity contribution < 1.29 is 0 Å². The third kappa shape index (κ3) is 6.21. The van der Waals surface area contributed by atoms with Crippen LogP contribution in [0.25, 0.3) is 0 Å². The minimum absolute atomic E-state index is 0.775. The lowest BCUT2D eigenvalue weighted by molar-refractivity contribution is 0.523. The summed E-state index contributed by atoms with van der Waals surface area (Å²) in [6.07, 6.45) is 15.8. The molecule has 1 saturated carbocycles. The van der Waals surface area contributed by atoms with E-state index in [9.17, 15) is 0 Å². The van der Waals surface area contributed by atoms with Gasteiger partial charge in [0.25, 0.3) is 0 Å². The Morgan fingerprint density at radius 1 is 1.10 bits per heavy atom. The van der Waals surface area contributed by atoms with E-state index >= 15 is 0 Å². The predicted octanol–water partition coefficient (Wildman–Crippen LogP) is 4.58. The summed E-state index contributed by atoms with van der Waals surface area (Å²) in [6, 6.07) is 0.775. The van der Waals surface area contributed by atoms with Crippen molar-refractivity contribution in [3.63, 3.8) is 0 Å². The van der Waals surface area contributed by atoms with Gasteiger partial charge in [-0.15, -0.1) is 0 Å². The molecule has 1 fully saturated rings. The molecule has 0 saturated heterocycles. The van der Waals surface area contributed by atoms with Crippen molar-refractivity contribution in [2.24, 2.45) is 0 Å². The summed E-state index contributed by atoms with van der Waals surface area (Å²) in [5.41, 5.74) is 1.36. The van der Waals surface area contributed by atoms with Crippen LogP contribution >= 0.6 is 0 Å². The van der Waals surface area contributed by atoms with Crippen LogP contribution in [-0.2, 0) is 13.1 Å². The number of hydrogen-bond acceptors (Lipinski definition) is 2. The number of imidazole rings is 1. The normalized spacial score (nSPS) is 14.8. The molecule has 1 aliphatic rings. The van der Waals surface area contributed by atoms with Crippen LogP contribution in [0, 0.1) is 6.92 Å². The van der Waals surface area contributed by atoms with Gasteiger partial charge in [-0.3, -0.25) is 0 Å². The van der Waals surface area contributed by atoms with Crippen LogP contribution in [0.3, 0.4) is 0 Å². The van der Waals surface area contributed by atoms with E-state index in [1.165, 1.54) is 75.7 Å². The minimum Gasteiger partial charge on any atom is -0.331 e. The van der Waals surface area contributed by atoms with Gasteiger partial charge in [-0.2, -0.15) is 0 Å². The van der Waals surface area contributed by atoms with Crippen molar-refractivity contribution in [1.82, 2.24) is 14.9 Å². The summed E-state index contributed by atoms with van der Waals surface area (Å²) < 4.78 is 2.41. The topological polar surface area (TPSA) is 29.9 Å². The summed E-state index contributed by atoms with van der Waals surface area (Å²) in [4.78, 5) is 4.49. The molecule has 1 aliphatic carbocycles. The molecule has 3 nitrogen and oxygen atoms in total. The van der Waals surface area contributed by atoms with Gasteiger partial charge < -0.3 is 9.88 Å². The second-order valence-corrected chi connectivity index (χ2v) is 6.58. The van der Waals surface area contributed by atoms with Crippen molar-refractivity contribution in [2.45, 2.75) is 97.2 Å². The SMILES string of the molecule is CCCCCCCCCCn1c(CNC2CC2)cnc1C. The van der Waals surface area contributed by atoms with E-state index in [0.29, 0.717) is 0 Å². The molecule has 0 radical (unpaired) electrons. The largest absolute Gasteiger partial charge is 0.331 e. The zero-order valence-corrected chi connectivity index (χ0v) is 14.0. The molecule has 120 valence electrons. The van der Waals surface area contributed by atoms with E-state index in [2.05, 4.69) is 34.9 Å². The molecule has 0 spiro atoms. The van der Waals surface area contributed by atoms with Crippen LogP contribution < -0.4 is 5.32 Å².